The van der Waals surface area contributed by atoms with E-state index in [9.17, 15) is 9.59 Å². The monoisotopic (exact) mass is 414 g/mol. The SMILES string of the molecule is COc1cccc(N2C(=O)[C@@H]3[C@@H](ON(c4ccccc4)[C@H]3c3ccc(C)cc3)C2=O)c1. The molecule has 0 aliphatic carbocycles. The fraction of sp³-hybridized carbons (Fsp3) is 0.200. The zero-order valence-corrected chi connectivity index (χ0v) is 17.3. The first-order chi connectivity index (χ1) is 15.1. The average Bonchev–Trinajstić information content (AvgIpc) is 3.31. The van der Waals surface area contributed by atoms with E-state index in [2.05, 4.69) is 0 Å². The predicted octanol–water partition coefficient (Wildman–Crippen LogP) is 4.05. The third-order valence-corrected chi connectivity index (χ3v) is 5.86. The number of fused-ring (bicyclic) bond motifs is 1. The number of carbonyl (C=O) groups is 2. The van der Waals surface area contributed by atoms with Crippen LogP contribution in [0.25, 0.3) is 0 Å². The fourth-order valence-electron chi connectivity index (χ4n) is 4.32. The lowest BCUT2D eigenvalue weighted by Gasteiger charge is -2.28. The number of hydrogen-bond acceptors (Lipinski definition) is 5. The largest absolute Gasteiger partial charge is 0.497 e. The number of anilines is 2. The Balaban J connectivity index is 1.57. The van der Waals surface area contributed by atoms with E-state index in [1.807, 2.05) is 61.5 Å². The van der Waals surface area contributed by atoms with Gasteiger partial charge in [0.15, 0.2) is 6.10 Å². The number of imide groups is 1. The number of aryl methyl sites for hydroxylation is 1. The molecule has 0 radical (unpaired) electrons. The molecule has 2 aliphatic heterocycles. The summed E-state index contributed by atoms with van der Waals surface area (Å²) in [5, 5.41) is 1.71. The third-order valence-electron chi connectivity index (χ3n) is 5.86. The summed E-state index contributed by atoms with van der Waals surface area (Å²) < 4.78 is 5.27. The summed E-state index contributed by atoms with van der Waals surface area (Å²) in [4.78, 5) is 34.3. The van der Waals surface area contributed by atoms with Gasteiger partial charge in [0.25, 0.3) is 5.91 Å². The summed E-state index contributed by atoms with van der Waals surface area (Å²) >= 11 is 0. The van der Waals surface area contributed by atoms with Crippen molar-refractivity contribution < 1.29 is 19.2 Å². The van der Waals surface area contributed by atoms with Gasteiger partial charge in [0.1, 0.15) is 11.7 Å². The zero-order valence-electron chi connectivity index (χ0n) is 17.3. The number of hydroxylamine groups is 1. The number of methoxy groups -OCH3 is 1. The van der Waals surface area contributed by atoms with Crippen molar-refractivity contribution in [2.75, 3.05) is 17.1 Å². The van der Waals surface area contributed by atoms with Gasteiger partial charge in [-0.15, -0.1) is 0 Å². The number of benzene rings is 3. The van der Waals surface area contributed by atoms with Gasteiger partial charge in [-0.05, 0) is 36.8 Å². The molecule has 6 heteroatoms. The van der Waals surface area contributed by atoms with Crippen LogP contribution >= 0.6 is 0 Å². The molecule has 2 heterocycles. The molecule has 2 aliphatic rings. The summed E-state index contributed by atoms with van der Waals surface area (Å²) in [7, 11) is 1.55. The number of amides is 2. The predicted molar refractivity (Wildman–Crippen MR) is 117 cm³/mol. The Kier molecular flexibility index (Phi) is 4.71. The maximum atomic E-state index is 13.6. The van der Waals surface area contributed by atoms with Crippen molar-refractivity contribution in [2.24, 2.45) is 5.92 Å². The topological polar surface area (TPSA) is 59.1 Å². The molecule has 6 nitrogen and oxygen atoms in total. The Morgan fingerprint density at radius 2 is 1.55 bits per heavy atom. The van der Waals surface area contributed by atoms with Crippen LogP contribution in [-0.2, 0) is 14.4 Å². The Labute approximate surface area is 180 Å². The molecule has 3 atom stereocenters. The molecule has 2 amide bonds. The summed E-state index contributed by atoms with van der Waals surface area (Å²) in [5.41, 5.74) is 3.34. The normalized spacial score (nSPS) is 22.7. The second kappa shape index (κ2) is 7.56. The molecular formula is C25H22N2O4. The Morgan fingerprint density at radius 1 is 0.839 bits per heavy atom. The average molecular weight is 414 g/mol. The van der Waals surface area contributed by atoms with Gasteiger partial charge in [0, 0.05) is 6.07 Å². The van der Waals surface area contributed by atoms with Gasteiger partial charge >= 0.3 is 0 Å². The van der Waals surface area contributed by atoms with Gasteiger partial charge in [-0.1, -0.05) is 54.1 Å². The minimum atomic E-state index is -0.884. The summed E-state index contributed by atoms with van der Waals surface area (Å²) in [6.45, 7) is 2.02. The molecule has 5 rings (SSSR count). The second-order valence-electron chi connectivity index (χ2n) is 7.78. The molecule has 0 unspecified atom stereocenters. The van der Waals surface area contributed by atoms with Crippen LogP contribution in [0.1, 0.15) is 17.2 Å². The highest BCUT2D eigenvalue weighted by Crippen LogP contribution is 2.47. The number of carbonyl (C=O) groups excluding carboxylic acids is 2. The minimum Gasteiger partial charge on any atom is -0.497 e. The number of para-hydroxylation sites is 1. The van der Waals surface area contributed by atoms with Crippen LogP contribution in [0, 0.1) is 12.8 Å². The highest BCUT2D eigenvalue weighted by atomic mass is 16.7. The van der Waals surface area contributed by atoms with E-state index in [4.69, 9.17) is 9.57 Å². The molecule has 3 aromatic rings. The number of nitrogens with zero attached hydrogens (tertiary/aromatic N) is 2. The van der Waals surface area contributed by atoms with Crippen LogP contribution in [0.2, 0.25) is 0 Å². The quantitative estimate of drug-likeness (QED) is 0.603. The smallest absolute Gasteiger partial charge is 0.266 e. The van der Waals surface area contributed by atoms with Crippen molar-refractivity contribution in [3.63, 3.8) is 0 Å². The first-order valence-electron chi connectivity index (χ1n) is 10.2. The van der Waals surface area contributed by atoms with Crippen LogP contribution in [0.5, 0.6) is 5.75 Å². The van der Waals surface area contributed by atoms with E-state index in [-0.39, 0.29) is 11.8 Å². The van der Waals surface area contributed by atoms with E-state index in [0.29, 0.717) is 11.4 Å². The van der Waals surface area contributed by atoms with E-state index in [1.54, 1.807) is 36.4 Å². The lowest BCUT2D eigenvalue weighted by molar-refractivity contribution is -0.126. The van der Waals surface area contributed by atoms with Gasteiger partial charge < -0.3 is 4.74 Å². The van der Waals surface area contributed by atoms with Gasteiger partial charge in [0.05, 0.1) is 24.5 Å². The van der Waals surface area contributed by atoms with E-state index in [0.717, 1.165) is 16.8 Å². The Morgan fingerprint density at radius 3 is 2.26 bits per heavy atom. The zero-order chi connectivity index (χ0) is 21.5. The van der Waals surface area contributed by atoms with E-state index >= 15 is 0 Å². The lowest BCUT2D eigenvalue weighted by atomic mass is 9.90. The number of rotatable bonds is 4. The second-order valence-corrected chi connectivity index (χ2v) is 7.78. The Hall–Kier alpha value is -3.64. The van der Waals surface area contributed by atoms with Crippen LogP contribution in [0.15, 0.2) is 78.9 Å². The lowest BCUT2D eigenvalue weighted by Crippen LogP contribution is -2.37. The van der Waals surface area contributed by atoms with Crippen molar-refractivity contribution in [3.05, 3.63) is 90.0 Å². The molecule has 156 valence electrons. The first kappa shape index (κ1) is 19.3. The summed E-state index contributed by atoms with van der Waals surface area (Å²) in [6, 6.07) is 24.1. The van der Waals surface area contributed by atoms with Crippen molar-refractivity contribution in [1.82, 2.24) is 0 Å². The molecule has 0 spiro atoms. The van der Waals surface area contributed by atoms with Crippen molar-refractivity contribution in [3.8, 4) is 5.75 Å². The molecule has 2 fully saturated rings. The molecule has 0 aromatic heterocycles. The van der Waals surface area contributed by atoms with Crippen molar-refractivity contribution in [2.45, 2.75) is 19.1 Å². The van der Waals surface area contributed by atoms with Gasteiger partial charge in [-0.3, -0.25) is 14.4 Å². The summed E-state index contributed by atoms with van der Waals surface area (Å²) in [6.07, 6.45) is -0.884. The maximum absolute atomic E-state index is 13.6. The molecule has 3 aromatic carbocycles. The highest BCUT2D eigenvalue weighted by Gasteiger charge is 2.60. The van der Waals surface area contributed by atoms with Crippen LogP contribution in [0.3, 0.4) is 0 Å². The molecule has 31 heavy (non-hydrogen) atoms. The highest BCUT2D eigenvalue weighted by molar-refractivity contribution is 6.24. The van der Waals surface area contributed by atoms with E-state index < -0.39 is 18.1 Å². The van der Waals surface area contributed by atoms with Crippen molar-refractivity contribution >= 4 is 23.2 Å². The first-order valence-corrected chi connectivity index (χ1v) is 10.2. The number of hydrogen-bond donors (Lipinski definition) is 0. The minimum absolute atomic E-state index is 0.271. The van der Waals surface area contributed by atoms with Crippen LogP contribution in [-0.4, -0.2) is 25.0 Å². The molecular weight excluding hydrogens is 392 g/mol. The van der Waals surface area contributed by atoms with E-state index in [1.165, 1.54) is 4.90 Å². The molecule has 2 saturated heterocycles. The Bertz CT molecular complexity index is 1130. The molecule has 0 N–H and O–H groups in total. The molecule has 0 bridgehead atoms. The standard InChI is InChI=1S/C25H22N2O4/c1-16-11-13-17(14-12-16)22-21-23(31-27(22)18-7-4-3-5-8-18)25(29)26(24(21)28)19-9-6-10-20(15-19)30-2/h3-15,21-23H,1-2H3/t21-,22-,23+/m0/s1. The van der Waals surface area contributed by atoms with Crippen LogP contribution < -0.4 is 14.7 Å². The summed E-state index contributed by atoms with van der Waals surface area (Å²) in [5.74, 6) is -0.704. The molecule has 0 saturated carbocycles. The fourth-order valence-corrected chi connectivity index (χ4v) is 4.32. The van der Waals surface area contributed by atoms with Crippen LogP contribution in [0.4, 0.5) is 11.4 Å². The van der Waals surface area contributed by atoms with Gasteiger partial charge in [-0.2, -0.15) is 0 Å². The maximum Gasteiger partial charge on any atom is 0.266 e. The number of ether oxygens (including phenoxy) is 1. The third kappa shape index (κ3) is 3.16. The van der Waals surface area contributed by atoms with Gasteiger partial charge in [0.2, 0.25) is 5.91 Å². The van der Waals surface area contributed by atoms with Gasteiger partial charge in [-0.25, -0.2) is 9.96 Å². The van der Waals surface area contributed by atoms with Crippen molar-refractivity contribution in [1.29, 1.82) is 0 Å².